The molecule has 2 aromatic carbocycles. The van der Waals surface area contributed by atoms with E-state index < -0.39 is 17.7 Å². The number of aliphatic hydroxyl groups excluding tert-OH is 1. The molecule has 1 N–H and O–H groups in total. The number of amides is 1. The summed E-state index contributed by atoms with van der Waals surface area (Å²) in [6, 6.07) is 12.6. The number of Topliss-reactive ketones (excluding diaryl/α,β-unsaturated/α-hetero) is 1. The molecule has 1 fully saturated rings. The minimum Gasteiger partial charge on any atom is -0.507 e. The average Bonchev–Trinajstić information content (AvgIpc) is 3.20. The van der Waals surface area contributed by atoms with Crippen molar-refractivity contribution >= 4 is 57.1 Å². The second kappa shape index (κ2) is 7.87. The van der Waals surface area contributed by atoms with Gasteiger partial charge < -0.3 is 5.11 Å². The molecule has 0 bridgehead atoms. The van der Waals surface area contributed by atoms with Crippen LogP contribution in [0.25, 0.3) is 5.76 Å². The molecule has 1 saturated heterocycles. The summed E-state index contributed by atoms with van der Waals surface area (Å²) in [7, 11) is 0. The Bertz CT molecular complexity index is 1180. The van der Waals surface area contributed by atoms with Crippen LogP contribution in [0, 0.1) is 13.8 Å². The molecule has 2 heterocycles. The van der Waals surface area contributed by atoms with Crippen LogP contribution < -0.4 is 4.90 Å². The predicted octanol–water partition coefficient (Wildman–Crippen LogP) is 5.69. The number of ketones is 1. The first kappa shape index (κ1) is 20.6. The smallest absolute Gasteiger partial charge is 0.301 e. The Morgan fingerprint density at radius 3 is 2.37 bits per heavy atom. The molecule has 0 aliphatic carbocycles. The van der Waals surface area contributed by atoms with Crippen LogP contribution in [-0.4, -0.2) is 21.8 Å². The van der Waals surface area contributed by atoms with Crippen LogP contribution in [0.5, 0.6) is 0 Å². The van der Waals surface area contributed by atoms with Crippen molar-refractivity contribution in [3.05, 3.63) is 85.8 Å². The number of carbonyl (C=O) groups excluding carboxylic acids is 2. The molecule has 0 saturated carbocycles. The van der Waals surface area contributed by atoms with Crippen LogP contribution in [0.1, 0.15) is 27.7 Å². The number of halogens is 2. The minimum atomic E-state index is -0.884. The van der Waals surface area contributed by atoms with Crippen molar-refractivity contribution < 1.29 is 14.7 Å². The van der Waals surface area contributed by atoms with Crippen molar-refractivity contribution in [1.29, 1.82) is 0 Å². The molecule has 5 nitrogen and oxygen atoms in total. The van der Waals surface area contributed by atoms with E-state index in [9.17, 15) is 14.7 Å². The number of rotatable bonds is 3. The van der Waals surface area contributed by atoms with Gasteiger partial charge in [-0.2, -0.15) is 0 Å². The fraction of sp³-hybridized carbons (Fsp3) is 0.136. The highest BCUT2D eigenvalue weighted by atomic mass is 35.5. The average molecular weight is 459 g/mol. The van der Waals surface area contributed by atoms with Gasteiger partial charge in [-0.05, 0) is 31.5 Å². The molecule has 30 heavy (non-hydrogen) atoms. The van der Waals surface area contributed by atoms with E-state index >= 15 is 0 Å². The van der Waals surface area contributed by atoms with E-state index in [-0.39, 0.29) is 16.4 Å². The van der Waals surface area contributed by atoms with E-state index in [2.05, 4.69) is 4.98 Å². The summed E-state index contributed by atoms with van der Waals surface area (Å²) in [5, 5.41) is 12.0. The second-order valence-corrected chi connectivity index (χ2v) is 8.84. The molecule has 3 aromatic rings. The van der Waals surface area contributed by atoms with Gasteiger partial charge in [0.25, 0.3) is 5.78 Å². The Kier molecular flexibility index (Phi) is 5.40. The maximum absolute atomic E-state index is 13.0. The number of nitrogens with zero attached hydrogens (tertiary/aromatic N) is 2. The number of thiazole rings is 1. The summed E-state index contributed by atoms with van der Waals surface area (Å²) in [5.41, 5.74) is 1.74. The van der Waals surface area contributed by atoms with Gasteiger partial charge in [0.05, 0.1) is 27.4 Å². The number of carbonyl (C=O) groups is 2. The third-order valence-corrected chi connectivity index (χ3v) is 6.79. The number of aliphatic hydroxyl groups is 1. The molecule has 1 atom stereocenters. The summed E-state index contributed by atoms with van der Waals surface area (Å²) < 4.78 is 0. The van der Waals surface area contributed by atoms with Gasteiger partial charge >= 0.3 is 5.91 Å². The molecule has 1 amide bonds. The highest BCUT2D eigenvalue weighted by Crippen LogP contribution is 2.44. The van der Waals surface area contributed by atoms with Gasteiger partial charge in [-0.25, -0.2) is 4.98 Å². The Morgan fingerprint density at radius 2 is 1.77 bits per heavy atom. The van der Waals surface area contributed by atoms with Gasteiger partial charge in [-0.15, -0.1) is 11.3 Å². The molecule has 1 aliphatic heterocycles. The van der Waals surface area contributed by atoms with Gasteiger partial charge in [-0.3, -0.25) is 14.5 Å². The molecule has 8 heteroatoms. The Labute approximate surface area is 187 Å². The van der Waals surface area contributed by atoms with E-state index in [0.29, 0.717) is 21.3 Å². The Balaban J connectivity index is 1.97. The topological polar surface area (TPSA) is 70.5 Å². The van der Waals surface area contributed by atoms with E-state index in [0.717, 1.165) is 10.6 Å². The molecule has 152 valence electrons. The summed E-state index contributed by atoms with van der Waals surface area (Å²) in [4.78, 5) is 32.8. The minimum absolute atomic E-state index is 0.0184. The second-order valence-electron chi connectivity index (χ2n) is 6.85. The maximum Gasteiger partial charge on any atom is 0.301 e. The lowest BCUT2D eigenvalue weighted by Crippen LogP contribution is -2.29. The highest BCUT2D eigenvalue weighted by Gasteiger charge is 2.48. The normalized spacial score (nSPS) is 18.3. The first-order valence-electron chi connectivity index (χ1n) is 9.05. The fourth-order valence-corrected chi connectivity index (χ4v) is 4.58. The lowest BCUT2D eigenvalue weighted by atomic mass is 9.95. The first-order chi connectivity index (χ1) is 14.3. The van der Waals surface area contributed by atoms with Crippen molar-refractivity contribution in [3.8, 4) is 0 Å². The van der Waals surface area contributed by atoms with Crippen molar-refractivity contribution in [2.24, 2.45) is 0 Å². The van der Waals surface area contributed by atoms with Gasteiger partial charge in [0, 0.05) is 10.4 Å². The van der Waals surface area contributed by atoms with Gasteiger partial charge in [0.2, 0.25) is 0 Å². The van der Waals surface area contributed by atoms with Crippen LogP contribution in [0.4, 0.5) is 5.13 Å². The molecule has 1 unspecified atom stereocenters. The number of hydrogen-bond acceptors (Lipinski definition) is 5. The SMILES string of the molecule is Cc1nc(N2C(=O)C(=O)C(=C(O)c3ccccc3)C2c2ccc(Cl)c(Cl)c2)sc1C. The zero-order valence-electron chi connectivity index (χ0n) is 16.0. The van der Waals surface area contributed by atoms with Gasteiger partial charge in [0.15, 0.2) is 5.13 Å². The van der Waals surface area contributed by atoms with Crippen molar-refractivity contribution in [3.63, 3.8) is 0 Å². The fourth-order valence-electron chi connectivity index (χ4n) is 3.34. The van der Waals surface area contributed by atoms with E-state index in [4.69, 9.17) is 23.2 Å². The van der Waals surface area contributed by atoms with Gasteiger partial charge in [-0.1, -0.05) is 59.6 Å². The Hall–Kier alpha value is -2.67. The van der Waals surface area contributed by atoms with Crippen molar-refractivity contribution in [1.82, 2.24) is 4.98 Å². The molecule has 0 radical (unpaired) electrons. The maximum atomic E-state index is 13.0. The lowest BCUT2D eigenvalue weighted by Gasteiger charge is -2.23. The number of aryl methyl sites for hydroxylation is 2. The number of benzene rings is 2. The van der Waals surface area contributed by atoms with E-state index in [1.807, 2.05) is 13.8 Å². The largest absolute Gasteiger partial charge is 0.507 e. The summed E-state index contributed by atoms with van der Waals surface area (Å²) in [6.07, 6.45) is 0. The third-order valence-electron chi connectivity index (χ3n) is 4.97. The van der Waals surface area contributed by atoms with Crippen LogP contribution >= 0.6 is 34.5 Å². The number of anilines is 1. The number of hydrogen-bond donors (Lipinski definition) is 1. The lowest BCUT2D eigenvalue weighted by molar-refractivity contribution is -0.132. The van der Waals surface area contributed by atoms with Gasteiger partial charge in [0.1, 0.15) is 5.76 Å². The van der Waals surface area contributed by atoms with Crippen LogP contribution in [0.2, 0.25) is 10.0 Å². The van der Waals surface area contributed by atoms with Crippen LogP contribution in [-0.2, 0) is 9.59 Å². The van der Waals surface area contributed by atoms with Crippen LogP contribution in [0.3, 0.4) is 0 Å². The predicted molar refractivity (Wildman–Crippen MR) is 119 cm³/mol. The quantitative estimate of drug-likeness (QED) is 0.310. The third kappa shape index (κ3) is 3.41. The summed E-state index contributed by atoms with van der Waals surface area (Å²) in [5.74, 6) is -1.78. The van der Waals surface area contributed by atoms with E-state index in [1.165, 1.54) is 16.2 Å². The summed E-state index contributed by atoms with van der Waals surface area (Å²) in [6.45, 7) is 3.73. The van der Waals surface area contributed by atoms with Crippen LogP contribution in [0.15, 0.2) is 54.1 Å². The molecular formula is C22H16Cl2N2O3S. The number of aromatic nitrogens is 1. The molecule has 0 spiro atoms. The zero-order chi connectivity index (χ0) is 21.6. The van der Waals surface area contributed by atoms with Crippen molar-refractivity contribution in [2.75, 3.05) is 4.90 Å². The zero-order valence-corrected chi connectivity index (χ0v) is 18.3. The molecule has 1 aliphatic rings. The monoisotopic (exact) mass is 458 g/mol. The van der Waals surface area contributed by atoms with Crippen molar-refractivity contribution in [2.45, 2.75) is 19.9 Å². The molecule has 4 rings (SSSR count). The Morgan fingerprint density at radius 1 is 1.07 bits per heavy atom. The molecular weight excluding hydrogens is 443 g/mol. The first-order valence-corrected chi connectivity index (χ1v) is 10.6. The summed E-state index contributed by atoms with van der Waals surface area (Å²) >= 11 is 13.6. The molecule has 1 aromatic heterocycles. The standard InChI is InChI=1S/C22H16Cl2N2O3S/c1-11-12(2)30-22(25-11)26-18(14-8-9-15(23)16(24)10-14)17(20(28)21(26)29)19(27)13-6-4-3-5-7-13/h3-10,18,27H,1-2H3. The van der Waals surface area contributed by atoms with E-state index in [1.54, 1.807) is 48.5 Å². The highest BCUT2D eigenvalue weighted by molar-refractivity contribution is 7.16.